The number of esters is 3. The van der Waals surface area contributed by atoms with Gasteiger partial charge in [-0.15, -0.1) is 0 Å². The Morgan fingerprint density at radius 1 is 0.225 bits per heavy atom. The molecule has 0 aromatic rings. The molecule has 0 spiro atoms. The summed E-state index contributed by atoms with van der Waals surface area (Å²) in [4.78, 5) is 38.3. The van der Waals surface area contributed by atoms with Crippen LogP contribution in [0.25, 0.3) is 0 Å². The van der Waals surface area contributed by atoms with Crippen molar-refractivity contribution in [2.75, 3.05) is 13.2 Å². The van der Waals surface area contributed by atoms with Crippen LogP contribution in [0.3, 0.4) is 0 Å². The molecule has 0 heterocycles. The monoisotopic (exact) mass is 1000 g/mol. The van der Waals surface area contributed by atoms with Gasteiger partial charge in [-0.3, -0.25) is 14.4 Å². The lowest BCUT2D eigenvalue weighted by molar-refractivity contribution is -0.167. The van der Waals surface area contributed by atoms with E-state index in [0.29, 0.717) is 19.3 Å². The summed E-state index contributed by atoms with van der Waals surface area (Å²) in [5, 5.41) is 0. The number of rotatable bonds is 61. The Labute approximate surface area is 444 Å². The first-order valence-electron chi connectivity index (χ1n) is 32.5. The quantitative estimate of drug-likeness (QED) is 0.0343. The Bertz CT molecular complexity index is 1060. The highest BCUT2D eigenvalue weighted by molar-refractivity contribution is 5.71. The second-order valence-corrected chi connectivity index (χ2v) is 22.4. The van der Waals surface area contributed by atoms with E-state index in [1.54, 1.807) is 0 Å². The van der Waals surface area contributed by atoms with Crippen LogP contribution in [-0.4, -0.2) is 37.2 Å². The first-order chi connectivity index (χ1) is 35.0. The minimum Gasteiger partial charge on any atom is -0.462 e. The van der Waals surface area contributed by atoms with E-state index in [4.69, 9.17) is 14.2 Å². The van der Waals surface area contributed by atoms with Crippen molar-refractivity contribution in [1.82, 2.24) is 0 Å². The molecular formula is C65H126O6. The van der Waals surface area contributed by atoms with Gasteiger partial charge in [-0.2, -0.15) is 0 Å². The van der Waals surface area contributed by atoms with Crippen molar-refractivity contribution in [3.63, 3.8) is 0 Å². The molecule has 0 aromatic heterocycles. The smallest absolute Gasteiger partial charge is 0.306 e. The highest BCUT2D eigenvalue weighted by atomic mass is 16.6. The molecule has 422 valence electrons. The predicted octanol–water partition coefficient (Wildman–Crippen LogP) is 21.9. The molecule has 0 saturated carbocycles. The minimum atomic E-state index is -0.762. The SMILES string of the molecule is CCCCCCCCCCCCCCCCCCCCCCCC(=O)O[C@@H](COC(=O)CCCCCCCCCCCCCCC)COC(=O)CCCCCCCCCCCCCCCCCCCCC. The van der Waals surface area contributed by atoms with E-state index in [0.717, 1.165) is 57.8 Å². The molecule has 6 heteroatoms. The molecule has 0 saturated heterocycles. The van der Waals surface area contributed by atoms with Crippen LogP contribution >= 0.6 is 0 Å². The lowest BCUT2D eigenvalue weighted by Gasteiger charge is -2.18. The molecule has 6 nitrogen and oxygen atoms in total. The molecule has 71 heavy (non-hydrogen) atoms. The van der Waals surface area contributed by atoms with Gasteiger partial charge in [0.1, 0.15) is 13.2 Å². The number of carbonyl (C=O) groups excluding carboxylic acids is 3. The lowest BCUT2D eigenvalue weighted by atomic mass is 10.0. The molecule has 0 aliphatic heterocycles. The number of ether oxygens (including phenoxy) is 3. The Morgan fingerprint density at radius 2 is 0.380 bits per heavy atom. The molecule has 0 N–H and O–H groups in total. The topological polar surface area (TPSA) is 78.9 Å². The molecule has 0 amide bonds. The molecule has 0 bridgehead atoms. The number of carbonyl (C=O) groups is 3. The van der Waals surface area contributed by atoms with Gasteiger partial charge in [0.05, 0.1) is 0 Å². The highest BCUT2D eigenvalue weighted by Crippen LogP contribution is 2.19. The van der Waals surface area contributed by atoms with E-state index in [1.165, 1.54) is 283 Å². The van der Waals surface area contributed by atoms with Gasteiger partial charge >= 0.3 is 17.9 Å². The van der Waals surface area contributed by atoms with Gasteiger partial charge in [0.2, 0.25) is 0 Å². The maximum Gasteiger partial charge on any atom is 0.306 e. The molecule has 0 fully saturated rings. The van der Waals surface area contributed by atoms with Crippen molar-refractivity contribution >= 4 is 17.9 Å². The van der Waals surface area contributed by atoms with Crippen LogP contribution in [0.15, 0.2) is 0 Å². The zero-order valence-corrected chi connectivity index (χ0v) is 48.5. The van der Waals surface area contributed by atoms with Crippen LogP contribution < -0.4 is 0 Å². The summed E-state index contributed by atoms with van der Waals surface area (Å²) in [6, 6.07) is 0. The van der Waals surface area contributed by atoms with Crippen molar-refractivity contribution in [3.05, 3.63) is 0 Å². The fourth-order valence-electron chi connectivity index (χ4n) is 10.2. The summed E-state index contributed by atoms with van der Waals surface area (Å²) in [6.45, 7) is 6.73. The normalized spacial score (nSPS) is 11.9. The van der Waals surface area contributed by atoms with Crippen molar-refractivity contribution < 1.29 is 28.6 Å². The standard InChI is InChI=1S/C65H126O6/c1-4-7-10-13-16-19-22-25-27-29-31-32-34-36-38-41-44-47-50-53-56-59-65(68)71-62(60-69-63(66)57-54-51-48-45-42-39-24-21-18-15-12-9-6-3)61-70-64(67)58-55-52-49-46-43-40-37-35-33-30-28-26-23-20-17-14-11-8-5-2/h62H,4-61H2,1-3H3/t62-/m0/s1. The second kappa shape index (κ2) is 61.0. The summed E-state index contributed by atoms with van der Waals surface area (Å²) in [6.07, 6.45) is 69.7. The summed E-state index contributed by atoms with van der Waals surface area (Å²) in [7, 11) is 0. The van der Waals surface area contributed by atoms with Gasteiger partial charge in [-0.25, -0.2) is 0 Å². The van der Waals surface area contributed by atoms with Crippen molar-refractivity contribution in [2.45, 2.75) is 386 Å². The predicted molar refractivity (Wildman–Crippen MR) is 307 cm³/mol. The van der Waals surface area contributed by atoms with Gasteiger partial charge in [-0.1, -0.05) is 342 Å². The lowest BCUT2D eigenvalue weighted by Crippen LogP contribution is -2.30. The maximum absolute atomic E-state index is 12.9. The van der Waals surface area contributed by atoms with E-state index in [2.05, 4.69) is 20.8 Å². The third kappa shape index (κ3) is 59.2. The molecule has 0 unspecified atom stereocenters. The van der Waals surface area contributed by atoms with Gasteiger partial charge in [0, 0.05) is 19.3 Å². The van der Waals surface area contributed by atoms with Crippen LogP contribution in [0, 0.1) is 0 Å². The van der Waals surface area contributed by atoms with Crippen molar-refractivity contribution in [3.8, 4) is 0 Å². The molecule has 0 radical (unpaired) electrons. The highest BCUT2D eigenvalue weighted by Gasteiger charge is 2.19. The fraction of sp³-hybridized carbons (Fsp3) is 0.954. The molecule has 0 aliphatic rings. The van der Waals surface area contributed by atoms with E-state index in [1.807, 2.05) is 0 Å². The molecule has 0 aromatic carbocycles. The summed E-state index contributed by atoms with van der Waals surface area (Å²) in [5.41, 5.74) is 0. The van der Waals surface area contributed by atoms with E-state index < -0.39 is 6.10 Å². The number of hydrogen-bond acceptors (Lipinski definition) is 6. The van der Waals surface area contributed by atoms with E-state index in [-0.39, 0.29) is 31.1 Å². The largest absolute Gasteiger partial charge is 0.462 e. The Hall–Kier alpha value is -1.59. The first-order valence-corrected chi connectivity index (χ1v) is 32.5. The number of unbranched alkanes of at least 4 members (excludes halogenated alkanes) is 50. The maximum atomic E-state index is 12.9. The van der Waals surface area contributed by atoms with Crippen LogP contribution in [0.5, 0.6) is 0 Å². The average molecular weight is 1000 g/mol. The zero-order valence-electron chi connectivity index (χ0n) is 48.5. The second-order valence-electron chi connectivity index (χ2n) is 22.4. The average Bonchev–Trinajstić information content (AvgIpc) is 3.37. The first kappa shape index (κ1) is 69.4. The van der Waals surface area contributed by atoms with Crippen LogP contribution in [-0.2, 0) is 28.6 Å². The summed E-state index contributed by atoms with van der Waals surface area (Å²) in [5.74, 6) is -0.824. The van der Waals surface area contributed by atoms with Gasteiger partial charge in [0.25, 0.3) is 0 Å². The Balaban J connectivity index is 4.24. The van der Waals surface area contributed by atoms with Crippen molar-refractivity contribution in [1.29, 1.82) is 0 Å². The molecule has 0 aliphatic carbocycles. The van der Waals surface area contributed by atoms with Gasteiger partial charge in [-0.05, 0) is 19.3 Å². The number of hydrogen-bond donors (Lipinski definition) is 0. The van der Waals surface area contributed by atoms with E-state index >= 15 is 0 Å². The Kier molecular flexibility index (Phi) is 59.6. The molecule has 0 rings (SSSR count). The van der Waals surface area contributed by atoms with Crippen LogP contribution in [0.2, 0.25) is 0 Å². The van der Waals surface area contributed by atoms with Crippen molar-refractivity contribution in [2.24, 2.45) is 0 Å². The zero-order chi connectivity index (χ0) is 51.4. The molecular weight excluding hydrogens is 877 g/mol. The van der Waals surface area contributed by atoms with Crippen LogP contribution in [0.4, 0.5) is 0 Å². The third-order valence-corrected chi connectivity index (χ3v) is 15.1. The summed E-state index contributed by atoms with van der Waals surface area (Å²) < 4.78 is 17.0. The third-order valence-electron chi connectivity index (χ3n) is 15.1. The van der Waals surface area contributed by atoms with E-state index in [9.17, 15) is 14.4 Å². The fourth-order valence-corrected chi connectivity index (χ4v) is 10.2. The van der Waals surface area contributed by atoms with Gasteiger partial charge in [0.15, 0.2) is 6.10 Å². The minimum absolute atomic E-state index is 0.0605. The van der Waals surface area contributed by atoms with Crippen LogP contribution in [0.1, 0.15) is 380 Å². The molecule has 1 atom stereocenters. The Morgan fingerprint density at radius 3 is 0.563 bits per heavy atom. The van der Waals surface area contributed by atoms with Gasteiger partial charge < -0.3 is 14.2 Å². The summed E-state index contributed by atoms with van der Waals surface area (Å²) >= 11 is 0.